The minimum absolute atomic E-state index is 0.527. The Bertz CT molecular complexity index is 375. The Morgan fingerprint density at radius 1 is 1.47 bits per heavy atom. The summed E-state index contributed by atoms with van der Waals surface area (Å²) in [6.45, 7) is 3.26. The van der Waals surface area contributed by atoms with Crippen LogP contribution in [0.2, 0.25) is 0 Å². The summed E-state index contributed by atoms with van der Waals surface area (Å²) in [5, 5.41) is 7.99. The van der Waals surface area contributed by atoms with Crippen molar-refractivity contribution in [1.82, 2.24) is 15.1 Å². The van der Waals surface area contributed by atoms with Crippen molar-refractivity contribution in [3.05, 3.63) is 18.0 Å². The fourth-order valence-corrected chi connectivity index (χ4v) is 3.91. The van der Waals surface area contributed by atoms with Crippen LogP contribution in [0.1, 0.15) is 44.3 Å². The summed E-state index contributed by atoms with van der Waals surface area (Å²) in [4.78, 5) is 0. The molecule has 0 spiro atoms. The summed E-state index contributed by atoms with van der Waals surface area (Å²) in [7, 11) is 2.10. The van der Waals surface area contributed by atoms with Crippen LogP contribution in [0.25, 0.3) is 0 Å². The molecule has 2 aliphatic carbocycles. The van der Waals surface area contributed by atoms with Crippen molar-refractivity contribution in [3.63, 3.8) is 0 Å². The molecule has 2 fully saturated rings. The minimum atomic E-state index is 0.527. The van der Waals surface area contributed by atoms with E-state index in [-0.39, 0.29) is 0 Å². The van der Waals surface area contributed by atoms with E-state index >= 15 is 0 Å². The van der Waals surface area contributed by atoms with Gasteiger partial charge in [-0.05, 0) is 50.1 Å². The third-order valence-electron chi connectivity index (χ3n) is 4.67. The molecule has 3 atom stereocenters. The van der Waals surface area contributed by atoms with E-state index in [9.17, 15) is 0 Å². The Labute approximate surface area is 104 Å². The van der Waals surface area contributed by atoms with Crippen molar-refractivity contribution >= 4 is 0 Å². The molecule has 0 saturated heterocycles. The van der Waals surface area contributed by atoms with Crippen LogP contribution in [0.4, 0.5) is 0 Å². The van der Waals surface area contributed by atoms with Gasteiger partial charge >= 0.3 is 0 Å². The Hall–Kier alpha value is -0.830. The zero-order valence-electron chi connectivity index (χ0n) is 10.9. The standard InChI is InChI=1S/C14H23N3/c1-3-9-17-12(7-8-16-17)14(15-2)13-10-5-4-6-11(10)13/h7-8,10-11,13-15H,3-6,9H2,1-2H3. The lowest BCUT2D eigenvalue weighted by Gasteiger charge is -2.19. The van der Waals surface area contributed by atoms with Crippen LogP contribution in [-0.4, -0.2) is 16.8 Å². The molecule has 17 heavy (non-hydrogen) atoms. The Morgan fingerprint density at radius 2 is 2.24 bits per heavy atom. The lowest BCUT2D eigenvalue weighted by atomic mass is 10.0. The van der Waals surface area contributed by atoms with Crippen LogP contribution in [0.5, 0.6) is 0 Å². The van der Waals surface area contributed by atoms with Gasteiger partial charge in [-0.15, -0.1) is 0 Å². The quantitative estimate of drug-likeness (QED) is 0.847. The number of aryl methyl sites for hydroxylation is 1. The van der Waals surface area contributed by atoms with Gasteiger partial charge in [-0.3, -0.25) is 4.68 Å². The van der Waals surface area contributed by atoms with Gasteiger partial charge < -0.3 is 5.32 Å². The molecule has 3 nitrogen and oxygen atoms in total. The molecule has 0 radical (unpaired) electrons. The van der Waals surface area contributed by atoms with Crippen molar-refractivity contribution in [2.45, 2.75) is 45.2 Å². The van der Waals surface area contributed by atoms with E-state index in [1.165, 1.54) is 25.0 Å². The monoisotopic (exact) mass is 233 g/mol. The van der Waals surface area contributed by atoms with Crippen molar-refractivity contribution in [1.29, 1.82) is 0 Å². The molecule has 1 aromatic heterocycles. The number of fused-ring (bicyclic) bond motifs is 1. The molecule has 0 aromatic carbocycles. The first kappa shape index (κ1) is 11.3. The summed E-state index contributed by atoms with van der Waals surface area (Å²) >= 11 is 0. The highest BCUT2D eigenvalue weighted by Crippen LogP contribution is 2.62. The fraction of sp³-hybridized carbons (Fsp3) is 0.786. The molecule has 3 unspecified atom stereocenters. The first-order valence-corrected chi connectivity index (χ1v) is 7.05. The summed E-state index contributed by atoms with van der Waals surface area (Å²) in [6.07, 6.45) is 7.47. The molecule has 0 amide bonds. The van der Waals surface area contributed by atoms with Crippen LogP contribution >= 0.6 is 0 Å². The molecule has 2 saturated carbocycles. The number of hydrogen-bond donors (Lipinski definition) is 1. The van der Waals surface area contributed by atoms with Gasteiger partial charge in [0, 0.05) is 12.7 Å². The van der Waals surface area contributed by atoms with Gasteiger partial charge in [0.2, 0.25) is 0 Å². The van der Waals surface area contributed by atoms with E-state index in [2.05, 4.69) is 35.1 Å². The molecule has 1 aromatic rings. The first-order valence-electron chi connectivity index (χ1n) is 7.05. The second-order valence-corrected chi connectivity index (χ2v) is 5.58. The molecular weight excluding hydrogens is 210 g/mol. The zero-order valence-corrected chi connectivity index (χ0v) is 10.9. The Morgan fingerprint density at radius 3 is 2.88 bits per heavy atom. The number of nitrogens with zero attached hydrogens (tertiary/aromatic N) is 2. The van der Waals surface area contributed by atoms with Gasteiger partial charge in [0.05, 0.1) is 11.7 Å². The largest absolute Gasteiger partial charge is 0.311 e. The van der Waals surface area contributed by atoms with Crippen molar-refractivity contribution in [2.24, 2.45) is 17.8 Å². The maximum Gasteiger partial charge on any atom is 0.0556 e. The highest BCUT2D eigenvalue weighted by Gasteiger charge is 2.56. The number of aromatic nitrogens is 2. The van der Waals surface area contributed by atoms with Crippen molar-refractivity contribution in [3.8, 4) is 0 Å². The van der Waals surface area contributed by atoms with E-state index in [1.807, 2.05) is 6.20 Å². The third kappa shape index (κ3) is 1.81. The predicted octanol–water partition coefficient (Wildman–Crippen LogP) is 2.60. The maximum absolute atomic E-state index is 4.46. The van der Waals surface area contributed by atoms with Crippen LogP contribution in [0, 0.1) is 17.8 Å². The van der Waals surface area contributed by atoms with E-state index in [0.717, 1.165) is 30.7 Å². The Balaban J connectivity index is 1.78. The predicted molar refractivity (Wildman–Crippen MR) is 68.6 cm³/mol. The van der Waals surface area contributed by atoms with E-state index in [1.54, 1.807) is 0 Å². The smallest absolute Gasteiger partial charge is 0.0556 e. The second-order valence-electron chi connectivity index (χ2n) is 5.58. The van der Waals surface area contributed by atoms with Crippen LogP contribution in [-0.2, 0) is 6.54 Å². The van der Waals surface area contributed by atoms with Crippen LogP contribution < -0.4 is 5.32 Å². The third-order valence-corrected chi connectivity index (χ3v) is 4.67. The lowest BCUT2D eigenvalue weighted by molar-refractivity contribution is 0.409. The Kier molecular flexibility index (Phi) is 2.95. The summed E-state index contributed by atoms with van der Waals surface area (Å²) in [5.74, 6) is 2.87. The highest BCUT2D eigenvalue weighted by molar-refractivity contribution is 5.16. The number of hydrogen-bond acceptors (Lipinski definition) is 2. The van der Waals surface area contributed by atoms with Gasteiger partial charge in [0.25, 0.3) is 0 Å². The summed E-state index contributed by atoms with van der Waals surface area (Å²) < 4.78 is 2.19. The summed E-state index contributed by atoms with van der Waals surface area (Å²) in [6, 6.07) is 2.73. The number of rotatable bonds is 5. The summed E-state index contributed by atoms with van der Waals surface area (Å²) in [5.41, 5.74) is 1.40. The van der Waals surface area contributed by atoms with Gasteiger partial charge in [-0.25, -0.2) is 0 Å². The highest BCUT2D eigenvalue weighted by atomic mass is 15.3. The van der Waals surface area contributed by atoms with E-state index in [4.69, 9.17) is 0 Å². The molecule has 94 valence electrons. The molecule has 2 aliphatic rings. The first-order chi connectivity index (χ1) is 8.36. The van der Waals surface area contributed by atoms with Crippen molar-refractivity contribution < 1.29 is 0 Å². The fourth-order valence-electron chi connectivity index (χ4n) is 3.91. The maximum atomic E-state index is 4.46. The SMILES string of the molecule is CCCn1nccc1C(NC)C1C2CCCC21. The van der Waals surface area contributed by atoms with Crippen LogP contribution in [0.3, 0.4) is 0 Å². The number of nitrogens with one attached hydrogen (secondary N) is 1. The molecule has 1 N–H and O–H groups in total. The van der Waals surface area contributed by atoms with Gasteiger partial charge in [0.1, 0.15) is 0 Å². The molecule has 3 heteroatoms. The molecule has 0 bridgehead atoms. The molecule has 0 aliphatic heterocycles. The van der Waals surface area contributed by atoms with E-state index < -0.39 is 0 Å². The molecular formula is C14H23N3. The lowest BCUT2D eigenvalue weighted by Crippen LogP contribution is -2.24. The average molecular weight is 233 g/mol. The second kappa shape index (κ2) is 4.45. The normalized spacial score (nSPS) is 32.5. The van der Waals surface area contributed by atoms with E-state index in [0.29, 0.717) is 6.04 Å². The molecule has 1 heterocycles. The van der Waals surface area contributed by atoms with Gasteiger partial charge in [-0.1, -0.05) is 13.3 Å². The van der Waals surface area contributed by atoms with Crippen LogP contribution in [0.15, 0.2) is 12.3 Å². The zero-order chi connectivity index (χ0) is 11.8. The topological polar surface area (TPSA) is 29.9 Å². The van der Waals surface area contributed by atoms with Gasteiger partial charge in [0.15, 0.2) is 0 Å². The van der Waals surface area contributed by atoms with Crippen molar-refractivity contribution in [2.75, 3.05) is 7.05 Å². The molecule has 3 rings (SSSR count). The average Bonchev–Trinajstić information content (AvgIpc) is 2.75. The van der Waals surface area contributed by atoms with Gasteiger partial charge in [-0.2, -0.15) is 5.10 Å². The minimum Gasteiger partial charge on any atom is -0.311 e.